The monoisotopic (exact) mass is 304 g/mol. The van der Waals surface area contributed by atoms with Crippen LogP contribution in [-0.2, 0) is 16.6 Å². The summed E-state index contributed by atoms with van der Waals surface area (Å²) in [6.07, 6.45) is 1.54. The average molecular weight is 304 g/mol. The first-order valence-corrected chi connectivity index (χ1v) is 7.89. The Kier molecular flexibility index (Phi) is 6.54. The van der Waals surface area contributed by atoms with Crippen molar-refractivity contribution in [2.45, 2.75) is 24.3 Å². The molecule has 0 atom stereocenters. The van der Waals surface area contributed by atoms with Crippen LogP contribution < -0.4 is 4.72 Å². The number of nitrogens with one attached hydrogen (secondary N) is 1. The van der Waals surface area contributed by atoms with Crippen LogP contribution >= 0.6 is 0 Å². The van der Waals surface area contributed by atoms with Crippen molar-refractivity contribution in [3.8, 4) is 0 Å². The highest BCUT2D eigenvalue weighted by Gasteiger charge is 2.18. The summed E-state index contributed by atoms with van der Waals surface area (Å²) in [5, 5.41) is 8.97. The Morgan fingerprint density at radius 2 is 2.00 bits per heavy atom. The lowest BCUT2D eigenvalue weighted by Crippen LogP contribution is -2.26. The molecular weight excluding hydrogens is 283 g/mol. The first-order valence-electron chi connectivity index (χ1n) is 6.40. The lowest BCUT2D eigenvalue weighted by atomic mass is 10.2. The Hall–Kier alpha value is -1.02. The van der Waals surface area contributed by atoms with E-state index in [9.17, 15) is 12.8 Å². The van der Waals surface area contributed by atoms with Crippen molar-refractivity contribution in [1.82, 2.24) is 9.62 Å². The van der Waals surface area contributed by atoms with Crippen molar-refractivity contribution >= 4 is 10.0 Å². The van der Waals surface area contributed by atoms with Crippen LogP contribution in [-0.4, -0.2) is 45.6 Å². The third-order valence-electron chi connectivity index (χ3n) is 2.79. The summed E-state index contributed by atoms with van der Waals surface area (Å²) in [4.78, 5) is 1.59. The molecule has 0 saturated carbocycles. The highest BCUT2D eigenvalue weighted by atomic mass is 32.2. The van der Waals surface area contributed by atoms with Crippen LogP contribution in [0.5, 0.6) is 0 Å². The van der Waals surface area contributed by atoms with Crippen LogP contribution in [0.4, 0.5) is 4.39 Å². The summed E-state index contributed by atoms with van der Waals surface area (Å²) >= 11 is 0. The van der Waals surface area contributed by atoms with E-state index in [1.54, 1.807) is 0 Å². The molecule has 2 N–H and O–H groups in total. The van der Waals surface area contributed by atoms with Gasteiger partial charge in [0, 0.05) is 6.54 Å². The quantitative estimate of drug-likeness (QED) is 0.701. The van der Waals surface area contributed by atoms with Gasteiger partial charge in [0.15, 0.2) is 0 Å². The second-order valence-electron chi connectivity index (χ2n) is 4.83. The normalized spacial score (nSPS) is 12.1. The van der Waals surface area contributed by atoms with Gasteiger partial charge in [-0.05, 0) is 51.2 Å². The standard InChI is InChI=1S/C13H21FN2O3S/c1-16(2)8-4-3-7-15-20(18,19)13-9-11(10-17)5-6-12(13)14/h5-6,9,15,17H,3-4,7-8,10H2,1-2H3. The third kappa shape index (κ3) is 5.16. The minimum atomic E-state index is -3.87. The maximum atomic E-state index is 13.6. The number of hydrogen-bond donors (Lipinski definition) is 2. The van der Waals surface area contributed by atoms with E-state index in [-0.39, 0.29) is 13.2 Å². The number of aliphatic hydroxyl groups excluding tert-OH is 1. The fraction of sp³-hybridized carbons (Fsp3) is 0.538. The Morgan fingerprint density at radius 1 is 1.30 bits per heavy atom. The first kappa shape index (κ1) is 17.0. The van der Waals surface area contributed by atoms with Crippen molar-refractivity contribution in [3.63, 3.8) is 0 Å². The van der Waals surface area contributed by atoms with Crippen molar-refractivity contribution < 1.29 is 17.9 Å². The van der Waals surface area contributed by atoms with Gasteiger partial charge in [-0.3, -0.25) is 0 Å². The number of hydrogen-bond acceptors (Lipinski definition) is 4. The molecular formula is C13H21FN2O3S. The van der Waals surface area contributed by atoms with Gasteiger partial charge in [-0.25, -0.2) is 17.5 Å². The van der Waals surface area contributed by atoms with Gasteiger partial charge in [-0.1, -0.05) is 6.07 Å². The SMILES string of the molecule is CN(C)CCCCNS(=O)(=O)c1cc(CO)ccc1F. The zero-order chi connectivity index (χ0) is 15.2. The smallest absolute Gasteiger partial charge is 0.243 e. The molecule has 20 heavy (non-hydrogen) atoms. The van der Waals surface area contributed by atoms with Gasteiger partial charge in [-0.2, -0.15) is 0 Å². The van der Waals surface area contributed by atoms with Crippen LogP contribution in [0.15, 0.2) is 23.1 Å². The van der Waals surface area contributed by atoms with Crippen molar-refractivity contribution in [1.29, 1.82) is 0 Å². The Morgan fingerprint density at radius 3 is 2.60 bits per heavy atom. The molecule has 0 amide bonds. The molecule has 114 valence electrons. The molecule has 0 spiro atoms. The summed E-state index contributed by atoms with van der Waals surface area (Å²) in [7, 11) is 0.0148. The molecule has 0 aliphatic heterocycles. The van der Waals surface area contributed by atoms with E-state index in [1.807, 2.05) is 19.0 Å². The fourth-order valence-electron chi connectivity index (χ4n) is 1.69. The third-order valence-corrected chi connectivity index (χ3v) is 4.27. The van der Waals surface area contributed by atoms with E-state index in [0.29, 0.717) is 12.0 Å². The molecule has 0 fully saturated rings. The van der Waals surface area contributed by atoms with E-state index in [4.69, 9.17) is 5.11 Å². The lowest BCUT2D eigenvalue weighted by molar-refractivity contribution is 0.281. The molecule has 0 aliphatic carbocycles. The molecule has 0 radical (unpaired) electrons. The predicted molar refractivity (Wildman–Crippen MR) is 75.3 cm³/mol. The van der Waals surface area contributed by atoms with E-state index < -0.39 is 20.7 Å². The Balaban J connectivity index is 2.64. The molecule has 7 heteroatoms. The summed E-state index contributed by atoms with van der Waals surface area (Å²) in [6.45, 7) is 0.806. The minimum absolute atomic E-state index is 0.263. The maximum absolute atomic E-state index is 13.6. The van der Waals surface area contributed by atoms with Gasteiger partial charge in [0.05, 0.1) is 6.61 Å². The van der Waals surface area contributed by atoms with Crippen molar-refractivity contribution in [2.75, 3.05) is 27.2 Å². The molecule has 0 aliphatic rings. The minimum Gasteiger partial charge on any atom is -0.392 e. The number of nitrogens with zero attached hydrogens (tertiary/aromatic N) is 1. The number of aliphatic hydroxyl groups is 1. The van der Waals surface area contributed by atoms with E-state index in [0.717, 1.165) is 25.1 Å². The Labute approximate surface area is 119 Å². The summed E-state index contributed by atoms with van der Waals surface area (Å²) in [6, 6.07) is 3.55. The van der Waals surface area contributed by atoms with Gasteiger partial charge in [0.2, 0.25) is 10.0 Å². The zero-order valence-electron chi connectivity index (χ0n) is 11.8. The van der Waals surface area contributed by atoms with E-state index in [2.05, 4.69) is 4.72 Å². The molecule has 5 nitrogen and oxygen atoms in total. The van der Waals surface area contributed by atoms with Crippen LogP contribution in [0.25, 0.3) is 0 Å². The van der Waals surface area contributed by atoms with Gasteiger partial charge >= 0.3 is 0 Å². The molecule has 1 rings (SSSR count). The topological polar surface area (TPSA) is 69.6 Å². The second-order valence-corrected chi connectivity index (χ2v) is 6.57. The van der Waals surface area contributed by atoms with Crippen LogP contribution in [0, 0.1) is 5.82 Å². The summed E-state index contributed by atoms with van der Waals surface area (Å²) < 4.78 is 39.9. The number of unbranched alkanes of at least 4 members (excludes halogenated alkanes) is 1. The highest BCUT2D eigenvalue weighted by molar-refractivity contribution is 7.89. The largest absolute Gasteiger partial charge is 0.392 e. The number of sulfonamides is 1. The van der Waals surface area contributed by atoms with Gasteiger partial charge in [0.1, 0.15) is 10.7 Å². The van der Waals surface area contributed by atoms with Crippen LogP contribution in [0.1, 0.15) is 18.4 Å². The second kappa shape index (κ2) is 7.68. The number of rotatable bonds is 8. The average Bonchev–Trinajstić information content (AvgIpc) is 2.38. The van der Waals surface area contributed by atoms with Gasteiger partial charge in [0.25, 0.3) is 0 Å². The molecule has 0 aromatic heterocycles. The molecule has 0 saturated heterocycles. The zero-order valence-corrected chi connectivity index (χ0v) is 12.6. The molecule has 0 bridgehead atoms. The maximum Gasteiger partial charge on any atom is 0.243 e. The fourth-order valence-corrected chi connectivity index (χ4v) is 2.89. The molecule has 0 heterocycles. The summed E-state index contributed by atoms with van der Waals surface area (Å²) in [5.74, 6) is -0.817. The predicted octanol–water partition coefficient (Wildman–Crippen LogP) is 0.938. The van der Waals surface area contributed by atoms with Crippen LogP contribution in [0.3, 0.4) is 0 Å². The molecule has 1 aromatic rings. The Bertz CT molecular complexity index is 532. The molecule has 0 unspecified atom stereocenters. The highest BCUT2D eigenvalue weighted by Crippen LogP contribution is 2.16. The molecule has 1 aromatic carbocycles. The summed E-state index contributed by atoms with van der Waals surface area (Å²) in [5.41, 5.74) is 0.361. The van der Waals surface area contributed by atoms with Crippen molar-refractivity contribution in [2.24, 2.45) is 0 Å². The van der Waals surface area contributed by atoms with Crippen LogP contribution in [0.2, 0.25) is 0 Å². The van der Waals surface area contributed by atoms with E-state index >= 15 is 0 Å². The number of halogens is 1. The first-order chi connectivity index (χ1) is 9.36. The van der Waals surface area contributed by atoms with Gasteiger partial charge < -0.3 is 10.0 Å². The van der Waals surface area contributed by atoms with E-state index in [1.165, 1.54) is 6.07 Å². The lowest BCUT2D eigenvalue weighted by Gasteiger charge is -2.10. The van der Waals surface area contributed by atoms with Crippen molar-refractivity contribution in [3.05, 3.63) is 29.6 Å². The number of benzene rings is 1. The van der Waals surface area contributed by atoms with Gasteiger partial charge in [-0.15, -0.1) is 0 Å².